The summed E-state index contributed by atoms with van der Waals surface area (Å²) in [6, 6.07) is 8.01. The SMILES string of the molecule is Cc1cc(F)cc([C@@H](CO)NC(=O)[C@@H](C)N2Cc3ccc(-c4nc(Nc5cnn(C)c5)ncc4Cl)cc3C2=O)c1. The minimum Gasteiger partial charge on any atom is -0.394 e. The topological polar surface area (TPSA) is 125 Å². The van der Waals surface area contributed by atoms with Crippen LogP contribution in [0.4, 0.5) is 16.0 Å². The predicted octanol–water partition coefficient (Wildman–Crippen LogP) is 3.92. The second-order valence-corrected chi connectivity index (χ2v) is 10.1. The van der Waals surface area contributed by atoms with Gasteiger partial charge in [-0.2, -0.15) is 5.10 Å². The number of fused-ring (bicyclic) bond motifs is 1. The van der Waals surface area contributed by atoms with E-state index in [0.717, 1.165) is 5.56 Å². The van der Waals surface area contributed by atoms with Crippen molar-refractivity contribution in [2.24, 2.45) is 7.05 Å². The van der Waals surface area contributed by atoms with Crippen LogP contribution in [0.3, 0.4) is 0 Å². The van der Waals surface area contributed by atoms with Crippen molar-refractivity contribution in [2.45, 2.75) is 32.5 Å². The number of nitrogens with zero attached hydrogens (tertiary/aromatic N) is 5. The van der Waals surface area contributed by atoms with E-state index in [9.17, 15) is 19.1 Å². The molecule has 2 aromatic carbocycles. The zero-order chi connectivity index (χ0) is 28.6. The largest absolute Gasteiger partial charge is 0.394 e. The number of hydrogen-bond acceptors (Lipinski definition) is 7. The lowest BCUT2D eigenvalue weighted by Crippen LogP contribution is -2.46. The fourth-order valence-electron chi connectivity index (χ4n) is 4.66. The normalized spacial score (nSPS) is 14.2. The number of aryl methyl sites for hydroxylation is 2. The van der Waals surface area contributed by atoms with Gasteiger partial charge in [-0.25, -0.2) is 14.4 Å². The summed E-state index contributed by atoms with van der Waals surface area (Å²) < 4.78 is 15.5. The molecule has 2 aromatic heterocycles. The van der Waals surface area contributed by atoms with E-state index < -0.39 is 30.4 Å². The fraction of sp³-hybridized carbons (Fsp3) is 0.250. The summed E-state index contributed by atoms with van der Waals surface area (Å²) in [6.45, 7) is 3.16. The lowest BCUT2D eigenvalue weighted by atomic mass is 10.0. The summed E-state index contributed by atoms with van der Waals surface area (Å²) in [5.74, 6) is -0.925. The minimum absolute atomic E-state index is 0.233. The van der Waals surface area contributed by atoms with Crippen molar-refractivity contribution in [1.29, 1.82) is 0 Å². The zero-order valence-corrected chi connectivity index (χ0v) is 22.8. The Hall–Kier alpha value is -4.35. The van der Waals surface area contributed by atoms with Crippen LogP contribution in [0.1, 0.15) is 40.0 Å². The Bertz CT molecular complexity index is 1590. The second kappa shape index (κ2) is 11.0. The molecule has 0 aliphatic carbocycles. The van der Waals surface area contributed by atoms with E-state index in [0.29, 0.717) is 44.6 Å². The van der Waals surface area contributed by atoms with Crippen LogP contribution in [0.15, 0.2) is 55.0 Å². The fourth-order valence-corrected chi connectivity index (χ4v) is 4.86. The number of aliphatic hydroxyl groups is 1. The van der Waals surface area contributed by atoms with Gasteiger partial charge in [0, 0.05) is 30.9 Å². The quantitative estimate of drug-likeness (QED) is 0.297. The molecular formula is C28H27ClFN7O3. The number of carbonyl (C=O) groups excluding carboxylic acids is 2. The van der Waals surface area contributed by atoms with Gasteiger partial charge in [-0.05, 0) is 48.7 Å². The Morgan fingerprint density at radius 2 is 2.02 bits per heavy atom. The van der Waals surface area contributed by atoms with Crippen molar-refractivity contribution in [3.8, 4) is 11.3 Å². The van der Waals surface area contributed by atoms with Gasteiger partial charge in [0.1, 0.15) is 11.9 Å². The standard InChI is InChI=1S/C28H27ClFN7O3/c1-15-6-19(8-20(30)7-15)24(14-38)34-26(39)16(2)37-12-18-5-4-17(9-22(18)27(37)40)25-23(29)11-31-28(35-25)33-21-10-32-36(3)13-21/h4-11,13,16,24,38H,12,14H2,1-3H3,(H,34,39)(H,31,33,35)/t16-,24-/m1/s1. The van der Waals surface area contributed by atoms with Crippen LogP contribution in [0, 0.1) is 12.7 Å². The molecule has 4 aromatic rings. The molecular weight excluding hydrogens is 537 g/mol. The van der Waals surface area contributed by atoms with Crippen LogP contribution in [-0.4, -0.2) is 54.2 Å². The molecule has 0 bridgehead atoms. The van der Waals surface area contributed by atoms with Crippen LogP contribution in [-0.2, 0) is 18.4 Å². The first-order valence-electron chi connectivity index (χ1n) is 12.5. The van der Waals surface area contributed by atoms with Crippen molar-refractivity contribution < 1.29 is 19.1 Å². The Morgan fingerprint density at radius 3 is 2.73 bits per heavy atom. The number of aliphatic hydroxyl groups excluding tert-OH is 1. The Labute approximate surface area is 234 Å². The highest BCUT2D eigenvalue weighted by Crippen LogP contribution is 2.32. The summed E-state index contributed by atoms with van der Waals surface area (Å²) in [5, 5.41) is 20.1. The van der Waals surface area contributed by atoms with Gasteiger partial charge < -0.3 is 20.6 Å². The van der Waals surface area contributed by atoms with Gasteiger partial charge in [-0.3, -0.25) is 14.3 Å². The van der Waals surface area contributed by atoms with Gasteiger partial charge in [0.05, 0.1) is 41.4 Å². The van der Waals surface area contributed by atoms with Crippen LogP contribution < -0.4 is 10.6 Å². The molecule has 2 amide bonds. The maximum absolute atomic E-state index is 13.9. The molecule has 40 heavy (non-hydrogen) atoms. The number of aromatic nitrogens is 4. The first kappa shape index (κ1) is 27.2. The van der Waals surface area contributed by atoms with Crippen molar-refractivity contribution in [3.63, 3.8) is 0 Å². The molecule has 3 N–H and O–H groups in total. The van der Waals surface area contributed by atoms with Crippen LogP contribution in [0.5, 0.6) is 0 Å². The Morgan fingerprint density at radius 1 is 1.23 bits per heavy atom. The lowest BCUT2D eigenvalue weighted by molar-refractivity contribution is -0.126. The minimum atomic E-state index is -0.843. The molecule has 12 heteroatoms. The van der Waals surface area contributed by atoms with Gasteiger partial charge in [-0.1, -0.05) is 29.8 Å². The first-order valence-corrected chi connectivity index (χ1v) is 12.9. The average molecular weight is 564 g/mol. The van der Waals surface area contributed by atoms with Gasteiger partial charge in [0.15, 0.2) is 0 Å². The number of anilines is 2. The average Bonchev–Trinajstić information content (AvgIpc) is 3.48. The highest BCUT2D eigenvalue weighted by atomic mass is 35.5. The molecule has 10 nitrogen and oxygen atoms in total. The Balaban J connectivity index is 1.33. The van der Waals surface area contributed by atoms with Crippen molar-refractivity contribution in [2.75, 3.05) is 11.9 Å². The third kappa shape index (κ3) is 5.51. The molecule has 0 saturated carbocycles. The third-order valence-electron chi connectivity index (χ3n) is 6.73. The summed E-state index contributed by atoms with van der Waals surface area (Å²) in [6.07, 6.45) is 4.90. The van der Waals surface area contributed by atoms with E-state index in [2.05, 4.69) is 25.7 Å². The van der Waals surface area contributed by atoms with Gasteiger partial charge in [0.2, 0.25) is 11.9 Å². The first-order chi connectivity index (χ1) is 19.1. The van der Waals surface area contributed by atoms with Crippen molar-refractivity contribution in [3.05, 3.63) is 88.1 Å². The molecule has 0 radical (unpaired) electrons. The lowest BCUT2D eigenvalue weighted by Gasteiger charge is -2.26. The molecule has 1 aliphatic rings. The summed E-state index contributed by atoms with van der Waals surface area (Å²) in [4.78, 5) is 36.7. The molecule has 2 atom stereocenters. The number of benzene rings is 2. The molecule has 0 saturated heterocycles. The van der Waals surface area contributed by atoms with E-state index in [-0.39, 0.29) is 12.5 Å². The van der Waals surface area contributed by atoms with Gasteiger partial charge >= 0.3 is 0 Å². The molecule has 0 fully saturated rings. The number of halogens is 2. The highest BCUT2D eigenvalue weighted by molar-refractivity contribution is 6.33. The summed E-state index contributed by atoms with van der Waals surface area (Å²) in [7, 11) is 1.80. The third-order valence-corrected chi connectivity index (χ3v) is 7.01. The highest BCUT2D eigenvalue weighted by Gasteiger charge is 2.35. The van der Waals surface area contributed by atoms with E-state index in [1.165, 1.54) is 23.2 Å². The predicted molar refractivity (Wildman–Crippen MR) is 147 cm³/mol. The van der Waals surface area contributed by atoms with Crippen LogP contribution in [0.2, 0.25) is 5.02 Å². The molecule has 3 heterocycles. The van der Waals surface area contributed by atoms with Crippen molar-refractivity contribution in [1.82, 2.24) is 30.0 Å². The Kier molecular flexibility index (Phi) is 7.51. The molecule has 1 aliphatic heterocycles. The monoisotopic (exact) mass is 563 g/mol. The number of nitrogens with one attached hydrogen (secondary N) is 2. The van der Waals surface area contributed by atoms with E-state index in [1.54, 1.807) is 50.1 Å². The van der Waals surface area contributed by atoms with Gasteiger partial charge in [-0.15, -0.1) is 0 Å². The van der Waals surface area contributed by atoms with Crippen LogP contribution in [0.25, 0.3) is 11.3 Å². The maximum Gasteiger partial charge on any atom is 0.255 e. The van der Waals surface area contributed by atoms with Crippen LogP contribution >= 0.6 is 11.6 Å². The smallest absolute Gasteiger partial charge is 0.255 e. The number of rotatable bonds is 8. The summed E-state index contributed by atoms with van der Waals surface area (Å²) >= 11 is 6.42. The number of carbonyl (C=O) groups is 2. The maximum atomic E-state index is 13.9. The van der Waals surface area contributed by atoms with E-state index in [4.69, 9.17) is 11.6 Å². The zero-order valence-electron chi connectivity index (χ0n) is 22.0. The summed E-state index contributed by atoms with van der Waals surface area (Å²) in [5.41, 5.74) is 4.08. The molecule has 5 rings (SSSR count). The van der Waals surface area contributed by atoms with E-state index >= 15 is 0 Å². The second-order valence-electron chi connectivity index (χ2n) is 9.70. The van der Waals surface area contributed by atoms with Crippen molar-refractivity contribution >= 4 is 35.1 Å². The number of amides is 2. The number of hydrogen-bond donors (Lipinski definition) is 3. The molecule has 206 valence electrons. The molecule has 0 unspecified atom stereocenters. The van der Waals surface area contributed by atoms with Gasteiger partial charge in [0.25, 0.3) is 5.91 Å². The van der Waals surface area contributed by atoms with E-state index in [1.807, 2.05) is 12.1 Å². The molecule has 0 spiro atoms.